The molecule has 0 heterocycles. The minimum atomic E-state index is 0.461. The van der Waals surface area contributed by atoms with Gasteiger partial charge in [-0.1, -0.05) is 87.2 Å². The molecule has 110 valence electrons. The quantitative estimate of drug-likeness (QED) is 0.484. The predicted molar refractivity (Wildman–Crippen MR) is 97.2 cm³/mol. The molecule has 0 aromatic heterocycles. The molecule has 4 rings (SSSR count). The molecule has 0 fully saturated rings. The summed E-state index contributed by atoms with van der Waals surface area (Å²) in [6.07, 6.45) is 1.04. The van der Waals surface area contributed by atoms with E-state index in [1.54, 1.807) is 0 Å². The highest BCUT2D eigenvalue weighted by Gasteiger charge is 2.26. The van der Waals surface area contributed by atoms with Gasteiger partial charge in [-0.2, -0.15) is 0 Å². The van der Waals surface area contributed by atoms with Gasteiger partial charge >= 0.3 is 0 Å². The number of fused-ring (bicyclic) bond motifs is 2. The Kier molecular flexibility index (Phi) is 4.11. The second kappa shape index (κ2) is 6.19. The van der Waals surface area contributed by atoms with Crippen molar-refractivity contribution < 1.29 is 0 Å². The Bertz CT molecular complexity index is 811. The Labute approximate surface area is 133 Å². The van der Waals surface area contributed by atoms with Crippen molar-refractivity contribution in [2.45, 2.75) is 26.2 Å². The van der Waals surface area contributed by atoms with Gasteiger partial charge in [-0.05, 0) is 39.5 Å². The zero-order valence-electron chi connectivity index (χ0n) is 13.3. The summed E-state index contributed by atoms with van der Waals surface area (Å²) < 4.78 is 0. The summed E-state index contributed by atoms with van der Waals surface area (Å²) in [6, 6.07) is 24.0. The van der Waals surface area contributed by atoms with E-state index in [-0.39, 0.29) is 0 Å². The zero-order valence-corrected chi connectivity index (χ0v) is 13.3. The molecule has 1 aliphatic rings. The van der Waals surface area contributed by atoms with Crippen LogP contribution < -0.4 is 0 Å². The van der Waals surface area contributed by atoms with Crippen LogP contribution in [0.3, 0.4) is 0 Å². The maximum Gasteiger partial charge on any atom is 0.0136 e. The van der Waals surface area contributed by atoms with Gasteiger partial charge < -0.3 is 0 Å². The average molecular weight is 286 g/mol. The molecule has 0 heteroatoms. The third-order valence-corrected chi connectivity index (χ3v) is 4.34. The monoisotopic (exact) mass is 286 g/mol. The van der Waals surface area contributed by atoms with Crippen molar-refractivity contribution in [3.63, 3.8) is 0 Å². The lowest BCUT2D eigenvalue weighted by Crippen LogP contribution is -1.95. The van der Waals surface area contributed by atoms with Crippen molar-refractivity contribution in [1.82, 2.24) is 0 Å². The average Bonchev–Trinajstić information content (AvgIpc) is 2.94. The van der Waals surface area contributed by atoms with E-state index in [2.05, 4.69) is 73.3 Å². The minimum absolute atomic E-state index is 0.461. The molecule has 0 amide bonds. The van der Waals surface area contributed by atoms with E-state index in [1.807, 2.05) is 13.8 Å². The van der Waals surface area contributed by atoms with Gasteiger partial charge in [-0.25, -0.2) is 0 Å². The molecule has 0 N–H and O–H groups in total. The van der Waals surface area contributed by atoms with Gasteiger partial charge in [-0.3, -0.25) is 0 Å². The van der Waals surface area contributed by atoms with Crippen LogP contribution >= 0.6 is 0 Å². The molecular weight excluding hydrogens is 264 g/mol. The summed E-state index contributed by atoms with van der Waals surface area (Å²) in [6.45, 7) is 8.23. The van der Waals surface area contributed by atoms with Crippen LogP contribution in [0.5, 0.6) is 0 Å². The van der Waals surface area contributed by atoms with Crippen molar-refractivity contribution in [2.24, 2.45) is 0 Å². The summed E-state index contributed by atoms with van der Waals surface area (Å²) in [7, 11) is 0. The standard InChI is InChI=1S/C20H16.C2H6/c1-14-12-20(19-9-5-4-8-18(14)19)17-11-10-15-6-2-3-7-16(15)13-17;1-2/h2-11,13,20H,1,12H2;1-2H3. The van der Waals surface area contributed by atoms with E-state index in [0.29, 0.717) is 5.92 Å². The number of hydrogen-bond donors (Lipinski definition) is 0. The zero-order chi connectivity index (χ0) is 15.5. The summed E-state index contributed by atoms with van der Waals surface area (Å²) in [5, 5.41) is 2.63. The third-order valence-electron chi connectivity index (χ3n) is 4.34. The topological polar surface area (TPSA) is 0 Å². The molecule has 0 bridgehead atoms. The largest absolute Gasteiger partial charge is 0.0952 e. The van der Waals surface area contributed by atoms with Crippen LogP contribution in [0.15, 0.2) is 73.3 Å². The normalized spacial score (nSPS) is 16.1. The predicted octanol–water partition coefficient (Wildman–Crippen LogP) is 6.41. The molecule has 1 aliphatic carbocycles. The molecular formula is C22H22. The van der Waals surface area contributed by atoms with E-state index in [0.717, 1.165) is 6.42 Å². The molecule has 1 unspecified atom stereocenters. The smallest absolute Gasteiger partial charge is 0.0136 e. The molecule has 0 radical (unpaired) electrons. The van der Waals surface area contributed by atoms with Crippen LogP contribution in [0.4, 0.5) is 0 Å². The molecule has 3 aromatic carbocycles. The van der Waals surface area contributed by atoms with E-state index >= 15 is 0 Å². The number of hydrogen-bond acceptors (Lipinski definition) is 0. The van der Waals surface area contributed by atoms with Crippen molar-refractivity contribution in [1.29, 1.82) is 0 Å². The highest BCUT2D eigenvalue weighted by Crippen LogP contribution is 2.44. The van der Waals surface area contributed by atoms with Gasteiger partial charge in [0, 0.05) is 5.92 Å². The molecule has 0 nitrogen and oxygen atoms in total. The fraction of sp³-hybridized carbons (Fsp3) is 0.182. The van der Waals surface area contributed by atoms with Gasteiger partial charge in [0.05, 0.1) is 0 Å². The first kappa shape index (κ1) is 14.6. The lowest BCUT2D eigenvalue weighted by molar-refractivity contribution is 0.884. The molecule has 0 spiro atoms. The second-order valence-corrected chi connectivity index (χ2v) is 5.55. The van der Waals surface area contributed by atoms with E-state index < -0.39 is 0 Å². The molecule has 22 heavy (non-hydrogen) atoms. The molecule has 0 aliphatic heterocycles. The van der Waals surface area contributed by atoms with Crippen LogP contribution in [0, 0.1) is 0 Å². The maximum absolute atomic E-state index is 4.23. The van der Waals surface area contributed by atoms with Crippen molar-refractivity contribution in [3.05, 3.63) is 90.0 Å². The fourth-order valence-electron chi connectivity index (χ4n) is 3.31. The summed E-state index contributed by atoms with van der Waals surface area (Å²) >= 11 is 0. The number of allylic oxidation sites excluding steroid dienone is 1. The lowest BCUT2D eigenvalue weighted by Gasteiger charge is -2.12. The molecule has 0 saturated carbocycles. The Morgan fingerprint density at radius 3 is 2.32 bits per heavy atom. The van der Waals surface area contributed by atoms with Crippen molar-refractivity contribution in [3.8, 4) is 0 Å². The van der Waals surface area contributed by atoms with Gasteiger partial charge in [-0.15, -0.1) is 0 Å². The Hall–Kier alpha value is -2.34. The van der Waals surface area contributed by atoms with Crippen molar-refractivity contribution in [2.75, 3.05) is 0 Å². The van der Waals surface area contributed by atoms with E-state index in [1.165, 1.54) is 33.0 Å². The highest BCUT2D eigenvalue weighted by molar-refractivity contribution is 5.84. The summed E-state index contributed by atoms with van der Waals surface area (Å²) in [5.74, 6) is 0.461. The first-order valence-electron chi connectivity index (χ1n) is 8.09. The first-order valence-corrected chi connectivity index (χ1v) is 8.09. The van der Waals surface area contributed by atoms with E-state index in [9.17, 15) is 0 Å². The highest BCUT2D eigenvalue weighted by atomic mass is 14.3. The Balaban J connectivity index is 0.000000693. The Morgan fingerprint density at radius 1 is 0.818 bits per heavy atom. The van der Waals surface area contributed by atoms with Crippen LogP contribution in [0.2, 0.25) is 0 Å². The number of rotatable bonds is 1. The van der Waals surface area contributed by atoms with Gasteiger partial charge in [0.1, 0.15) is 0 Å². The third kappa shape index (κ3) is 2.46. The minimum Gasteiger partial charge on any atom is -0.0952 e. The molecule has 0 saturated heterocycles. The van der Waals surface area contributed by atoms with Gasteiger partial charge in [0.25, 0.3) is 0 Å². The van der Waals surface area contributed by atoms with Crippen molar-refractivity contribution >= 4 is 16.3 Å². The van der Waals surface area contributed by atoms with Gasteiger partial charge in [0.15, 0.2) is 0 Å². The fourth-order valence-corrected chi connectivity index (χ4v) is 3.31. The molecule has 1 atom stereocenters. The first-order chi connectivity index (χ1) is 10.8. The summed E-state index contributed by atoms with van der Waals surface area (Å²) in [5.41, 5.74) is 5.42. The van der Waals surface area contributed by atoms with E-state index in [4.69, 9.17) is 0 Å². The van der Waals surface area contributed by atoms with Gasteiger partial charge in [0.2, 0.25) is 0 Å². The molecule has 3 aromatic rings. The van der Waals surface area contributed by atoms with Crippen LogP contribution in [-0.2, 0) is 0 Å². The van der Waals surface area contributed by atoms with Crippen LogP contribution in [0.1, 0.15) is 42.9 Å². The van der Waals surface area contributed by atoms with Crippen LogP contribution in [-0.4, -0.2) is 0 Å². The SMILES string of the molecule is C=C1CC(c2ccc3ccccc3c2)c2ccccc21.CC. The van der Waals surface area contributed by atoms with Crippen LogP contribution in [0.25, 0.3) is 16.3 Å². The summed E-state index contributed by atoms with van der Waals surface area (Å²) in [4.78, 5) is 0. The maximum atomic E-state index is 4.23. The second-order valence-electron chi connectivity index (χ2n) is 5.55. The number of benzene rings is 3. The Morgan fingerprint density at radius 2 is 1.50 bits per heavy atom. The lowest BCUT2D eigenvalue weighted by atomic mass is 9.91.